The van der Waals surface area contributed by atoms with E-state index in [9.17, 15) is 9.18 Å². The van der Waals surface area contributed by atoms with Crippen LogP contribution in [0.2, 0.25) is 0 Å². The number of nitrogens with zero attached hydrogens (tertiary/aromatic N) is 4. The van der Waals surface area contributed by atoms with Gasteiger partial charge in [-0.1, -0.05) is 6.92 Å². The number of hydrogen-bond acceptors (Lipinski definition) is 5. The van der Waals surface area contributed by atoms with Gasteiger partial charge >= 0.3 is 0 Å². The van der Waals surface area contributed by atoms with Gasteiger partial charge in [0.25, 0.3) is 0 Å². The molecule has 0 fully saturated rings. The number of amides is 1. The van der Waals surface area contributed by atoms with Gasteiger partial charge in [0.15, 0.2) is 5.65 Å². The third kappa shape index (κ3) is 4.39. The molecule has 9 heteroatoms. The Balaban J connectivity index is 1.41. The van der Waals surface area contributed by atoms with Crippen LogP contribution in [0.15, 0.2) is 67.3 Å². The maximum Gasteiger partial charge on any atom is 0.224 e. The Hall–Kier alpha value is -4.92. The number of aromatic nitrogens is 6. The van der Waals surface area contributed by atoms with Crippen molar-refractivity contribution in [2.75, 3.05) is 5.32 Å². The van der Waals surface area contributed by atoms with E-state index in [0.717, 1.165) is 45.1 Å². The van der Waals surface area contributed by atoms with Crippen LogP contribution in [0.4, 0.5) is 10.1 Å². The normalized spacial score (nSPS) is 11.3. The molecule has 0 unspecified atom stereocenters. The van der Waals surface area contributed by atoms with E-state index in [1.807, 2.05) is 44.2 Å². The number of anilines is 1. The van der Waals surface area contributed by atoms with Crippen molar-refractivity contribution in [2.45, 2.75) is 26.7 Å². The first-order valence-electron chi connectivity index (χ1n) is 12.3. The predicted molar refractivity (Wildman–Crippen MR) is 146 cm³/mol. The van der Waals surface area contributed by atoms with Crippen molar-refractivity contribution in [3.8, 4) is 33.8 Å². The quantitative estimate of drug-likeness (QED) is 0.242. The van der Waals surface area contributed by atoms with Gasteiger partial charge in [-0.15, -0.1) is 0 Å². The first kappa shape index (κ1) is 23.5. The topological polar surface area (TPSA) is 112 Å². The van der Waals surface area contributed by atoms with Crippen LogP contribution in [0.1, 0.15) is 25.3 Å². The summed E-state index contributed by atoms with van der Waals surface area (Å²) in [5.74, 6) is -0.340. The Kier molecular flexibility index (Phi) is 5.88. The van der Waals surface area contributed by atoms with Crippen molar-refractivity contribution >= 4 is 33.5 Å². The van der Waals surface area contributed by atoms with Gasteiger partial charge in [0.05, 0.1) is 23.3 Å². The summed E-state index contributed by atoms with van der Waals surface area (Å²) < 4.78 is 14.1. The van der Waals surface area contributed by atoms with E-state index in [2.05, 4.69) is 35.5 Å². The largest absolute Gasteiger partial charge is 0.353 e. The molecular weight excluding hydrogens is 481 g/mol. The van der Waals surface area contributed by atoms with Crippen molar-refractivity contribution in [2.24, 2.45) is 0 Å². The number of carbonyl (C=O) groups excluding carboxylic acids is 1. The van der Waals surface area contributed by atoms with E-state index < -0.39 is 0 Å². The number of rotatable bonds is 6. The molecule has 0 aliphatic carbocycles. The Morgan fingerprint density at radius 1 is 0.947 bits per heavy atom. The lowest BCUT2D eigenvalue weighted by molar-refractivity contribution is -0.116. The minimum absolute atomic E-state index is 0.0433. The van der Waals surface area contributed by atoms with Crippen LogP contribution in [0.3, 0.4) is 0 Å². The molecule has 0 aliphatic rings. The summed E-state index contributed by atoms with van der Waals surface area (Å²) in [5.41, 5.74) is 7.53. The Morgan fingerprint density at radius 2 is 1.82 bits per heavy atom. The van der Waals surface area contributed by atoms with Gasteiger partial charge in [0, 0.05) is 58.0 Å². The number of aromatic amines is 2. The Labute approximate surface area is 217 Å². The first-order chi connectivity index (χ1) is 18.5. The molecule has 6 aromatic rings. The number of halogens is 1. The maximum absolute atomic E-state index is 14.1. The van der Waals surface area contributed by atoms with Crippen LogP contribution in [0.5, 0.6) is 0 Å². The molecule has 0 saturated heterocycles. The van der Waals surface area contributed by atoms with E-state index in [1.54, 1.807) is 24.8 Å². The smallest absolute Gasteiger partial charge is 0.224 e. The summed E-state index contributed by atoms with van der Waals surface area (Å²) in [7, 11) is 0. The highest BCUT2D eigenvalue weighted by molar-refractivity contribution is 6.00. The zero-order valence-corrected chi connectivity index (χ0v) is 20.8. The highest BCUT2D eigenvalue weighted by atomic mass is 19.1. The molecule has 0 spiro atoms. The number of benzene rings is 1. The molecule has 5 heterocycles. The molecule has 6 rings (SSSR count). The first-order valence-corrected chi connectivity index (χ1v) is 12.3. The van der Waals surface area contributed by atoms with Crippen LogP contribution in [-0.2, 0) is 4.79 Å². The van der Waals surface area contributed by atoms with Crippen LogP contribution in [0, 0.1) is 12.7 Å². The number of H-pyrrole nitrogens is 2. The fraction of sp³-hybridized carbons (Fsp3) is 0.138. The van der Waals surface area contributed by atoms with Crippen LogP contribution in [0.25, 0.3) is 55.7 Å². The SMILES string of the molecule is CCCC(=O)Nc1cncc(-c2cnc3[nH]nc(-c4cc5c(-c6cc(C)cc(F)c6)nccc5[nH]4)c3c2)c1. The van der Waals surface area contributed by atoms with Gasteiger partial charge < -0.3 is 10.3 Å². The summed E-state index contributed by atoms with van der Waals surface area (Å²) in [4.78, 5) is 28.9. The lowest BCUT2D eigenvalue weighted by atomic mass is 10.0. The molecule has 1 amide bonds. The molecule has 0 aliphatic heterocycles. The van der Waals surface area contributed by atoms with Gasteiger partial charge in [-0.25, -0.2) is 9.37 Å². The second-order valence-electron chi connectivity index (χ2n) is 9.27. The molecule has 8 nitrogen and oxygen atoms in total. The zero-order chi connectivity index (χ0) is 26.2. The number of aryl methyl sites for hydroxylation is 1. The van der Waals surface area contributed by atoms with Gasteiger partial charge in [0.1, 0.15) is 11.5 Å². The zero-order valence-electron chi connectivity index (χ0n) is 20.8. The van der Waals surface area contributed by atoms with E-state index >= 15 is 0 Å². The second kappa shape index (κ2) is 9.51. The molecule has 0 bridgehead atoms. The summed E-state index contributed by atoms with van der Waals surface area (Å²) in [6.45, 7) is 3.82. The third-order valence-electron chi connectivity index (χ3n) is 6.37. The highest BCUT2D eigenvalue weighted by Gasteiger charge is 2.16. The summed E-state index contributed by atoms with van der Waals surface area (Å²) in [6.07, 6.45) is 8.05. The monoisotopic (exact) mass is 505 g/mol. The molecular formula is C29H24FN7O. The summed E-state index contributed by atoms with van der Waals surface area (Å²) in [6, 6.07) is 12.7. The molecule has 0 atom stereocenters. The van der Waals surface area contributed by atoms with Crippen LogP contribution >= 0.6 is 0 Å². The lowest BCUT2D eigenvalue weighted by Crippen LogP contribution is -2.10. The van der Waals surface area contributed by atoms with Crippen molar-refractivity contribution in [3.63, 3.8) is 0 Å². The Bertz CT molecular complexity index is 1800. The highest BCUT2D eigenvalue weighted by Crippen LogP contribution is 2.34. The molecule has 1 aromatic carbocycles. The molecule has 3 N–H and O–H groups in total. The number of fused-ring (bicyclic) bond motifs is 2. The second-order valence-corrected chi connectivity index (χ2v) is 9.27. The minimum atomic E-state index is -0.296. The van der Waals surface area contributed by atoms with Crippen LogP contribution in [-0.4, -0.2) is 36.0 Å². The van der Waals surface area contributed by atoms with Gasteiger partial charge in [0.2, 0.25) is 5.91 Å². The van der Waals surface area contributed by atoms with Crippen molar-refractivity contribution in [1.82, 2.24) is 30.1 Å². The van der Waals surface area contributed by atoms with E-state index in [4.69, 9.17) is 0 Å². The number of nitrogens with one attached hydrogen (secondary N) is 3. The third-order valence-corrected chi connectivity index (χ3v) is 6.37. The fourth-order valence-corrected chi connectivity index (χ4v) is 4.67. The molecule has 188 valence electrons. The predicted octanol–water partition coefficient (Wildman–Crippen LogP) is 6.42. The van der Waals surface area contributed by atoms with Crippen LogP contribution < -0.4 is 5.32 Å². The molecule has 5 aromatic heterocycles. The molecule has 0 saturated carbocycles. The van der Waals surface area contributed by atoms with Gasteiger partial charge in [-0.3, -0.25) is 19.9 Å². The van der Waals surface area contributed by atoms with Gasteiger partial charge in [-0.2, -0.15) is 5.10 Å². The van der Waals surface area contributed by atoms with E-state index in [-0.39, 0.29) is 11.7 Å². The average molecular weight is 506 g/mol. The summed E-state index contributed by atoms with van der Waals surface area (Å²) >= 11 is 0. The van der Waals surface area contributed by atoms with Crippen molar-refractivity contribution in [3.05, 3.63) is 78.6 Å². The average Bonchev–Trinajstić information content (AvgIpc) is 3.52. The fourth-order valence-electron chi connectivity index (χ4n) is 4.67. The number of hydrogen-bond donors (Lipinski definition) is 3. The molecule has 38 heavy (non-hydrogen) atoms. The van der Waals surface area contributed by atoms with Crippen molar-refractivity contribution in [1.29, 1.82) is 0 Å². The number of pyridine rings is 3. The standard InChI is InChI=1S/C29H24FN7O/c1-3-4-26(38)34-21-10-18(13-31-15-21)19-11-23-28(36-37-29(23)33-14-19)25-12-22-24(35-25)5-6-32-27(22)17-7-16(2)8-20(30)9-17/h5-15,35H,3-4H2,1-2H3,(H,34,38)(H,33,36,37). The number of carbonyl (C=O) groups is 1. The van der Waals surface area contributed by atoms with E-state index in [1.165, 1.54) is 12.1 Å². The minimum Gasteiger partial charge on any atom is -0.353 e. The van der Waals surface area contributed by atoms with E-state index in [0.29, 0.717) is 34.7 Å². The summed E-state index contributed by atoms with van der Waals surface area (Å²) in [5, 5.41) is 12.1. The van der Waals surface area contributed by atoms with Gasteiger partial charge in [-0.05, 0) is 61.4 Å². The van der Waals surface area contributed by atoms with Crippen molar-refractivity contribution < 1.29 is 9.18 Å². The molecule has 0 radical (unpaired) electrons. The Morgan fingerprint density at radius 3 is 2.66 bits per heavy atom. The lowest BCUT2D eigenvalue weighted by Gasteiger charge is -2.07. The maximum atomic E-state index is 14.1.